The minimum atomic E-state index is -1.21. The van der Waals surface area contributed by atoms with E-state index in [1.54, 1.807) is 6.92 Å². The molecule has 2 aromatic rings. The molecule has 8 nitrogen and oxygen atoms in total. The molecule has 3 atom stereocenters. The molecule has 1 saturated heterocycles. The molecule has 2 aromatic carbocycles. The van der Waals surface area contributed by atoms with Crippen molar-refractivity contribution in [2.45, 2.75) is 51.1 Å². The first kappa shape index (κ1) is 24.7. The van der Waals surface area contributed by atoms with Gasteiger partial charge in [0.1, 0.15) is 18.1 Å². The van der Waals surface area contributed by atoms with Crippen molar-refractivity contribution in [2.75, 3.05) is 19.8 Å². The maximum Gasteiger partial charge on any atom is 0.407 e. The van der Waals surface area contributed by atoms with Crippen LogP contribution in [0.4, 0.5) is 4.79 Å². The summed E-state index contributed by atoms with van der Waals surface area (Å²) in [5, 5.41) is 15.0. The first-order valence-electron chi connectivity index (χ1n) is 12.1. The van der Waals surface area contributed by atoms with Crippen LogP contribution in [0.2, 0.25) is 0 Å². The highest BCUT2D eigenvalue weighted by Crippen LogP contribution is 2.44. The Morgan fingerprint density at radius 3 is 2.34 bits per heavy atom. The van der Waals surface area contributed by atoms with E-state index in [0.717, 1.165) is 35.1 Å². The van der Waals surface area contributed by atoms with E-state index in [2.05, 4.69) is 22.8 Å². The standard InChI is InChI=1S/C27H32N2O6/c1-3-4-13-22(24(30)29-23-15-34-16-27(23,2)25(31)32)28-26(33)35-14-21-19-11-7-5-9-17(19)18-10-6-8-12-20(18)21/h5-12,21-23H,3-4,13-16H2,1-2H3,(H,28,33)(H,29,30)(H,31,32)/t22-,23?,27?/m0/s1. The molecule has 0 spiro atoms. The van der Waals surface area contributed by atoms with Gasteiger partial charge in [-0.3, -0.25) is 9.59 Å². The fourth-order valence-corrected chi connectivity index (χ4v) is 4.82. The van der Waals surface area contributed by atoms with E-state index in [1.807, 2.05) is 43.3 Å². The van der Waals surface area contributed by atoms with Crippen LogP contribution in [-0.4, -0.2) is 55.0 Å². The number of carbonyl (C=O) groups excluding carboxylic acids is 2. The van der Waals surface area contributed by atoms with E-state index in [1.165, 1.54) is 0 Å². The molecule has 0 radical (unpaired) electrons. The minimum Gasteiger partial charge on any atom is -0.481 e. The summed E-state index contributed by atoms with van der Waals surface area (Å²) in [6, 6.07) is 14.6. The van der Waals surface area contributed by atoms with E-state index in [0.29, 0.717) is 6.42 Å². The van der Waals surface area contributed by atoms with Crippen LogP contribution < -0.4 is 10.6 Å². The number of hydrogen-bond acceptors (Lipinski definition) is 5. The Morgan fingerprint density at radius 1 is 1.11 bits per heavy atom. The fourth-order valence-electron chi connectivity index (χ4n) is 4.82. The van der Waals surface area contributed by atoms with Gasteiger partial charge in [-0.1, -0.05) is 68.3 Å². The second-order valence-electron chi connectivity index (χ2n) is 9.46. The second kappa shape index (κ2) is 10.5. The van der Waals surface area contributed by atoms with Crippen LogP contribution in [0.25, 0.3) is 11.1 Å². The molecule has 1 aliphatic heterocycles. The Morgan fingerprint density at radius 2 is 1.74 bits per heavy atom. The maximum absolute atomic E-state index is 13.0. The van der Waals surface area contributed by atoms with Crippen molar-refractivity contribution in [3.63, 3.8) is 0 Å². The summed E-state index contributed by atoms with van der Waals surface area (Å²) in [4.78, 5) is 37.5. The molecule has 35 heavy (non-hydrogen) atoms. The van der Waals surface area contributed by atoms with Crippen LogP contribution in [-0.2, 0) is 19.1 Å². The molecule has 2 unspecified atom stereocenters. The van der Waals surface area contributed by atoms with Crippen molar-refractivity contribution in [2.24, 2.45) is 5.41 Å². The summed E-state index contributed by atoms with van der Waals surface area (Å²) in [6.45, 7) is 3.82. The number of carbonyl (C=O) groups is 3. The van der Waals surface area contributed by atoms with Gasteiger partial charge < -0.3 is 25.2 Å². The topological polar surface area (TPSA) is 114 Å². The van der Waals surface area contributed by atoms with E-state index in [4.69, 9.17) is 9.47 Å². The highest BCUT2D eigenvalue weighted by atomic mass is 16.5. The first-order valence-corrected chi connectivity index (χ1v) is 12.1. The lowest BCUT2D eigenvalue weighted by molar-refractivity contribution is -0.149. The molecule has 2 amide bonds. The molecule has 0 aromatic heterocycles. The number of carboxylic acid groups (broad SMARTS) is 1. The van der Waals surface area contributed by atoms with Gasteiger partial charge in [0.05, 0.1) is 19.3 Å². The molecule has 3 N–H and O–H groups in total. The van der Waals surface area contributed by atoms with Gasteiger partial charge in [0.25, 0.3) is 0 Å². The largest absolute Gasteiger partial charge is 0.481 e. The summed E-state index contributed by atoms with van der Waals surface area (Å²) in [5.41, 5.74) is 3.27. The lowest BCUT2D eigenvalue weighted by Gasteiger charge is -2.27. The number of rotatable bonds is 9. The third-order valence-corrected chi connectivity index (χ3v) is 7.06. The predicted octanol–water partition coefficient (Wildman–Crippen LogP) is 3.69. The highest BCUT2D eigenvalue weighted by Gasteiger charge is 2.47. The van der Waals surface area contributed by atoms with Crippen molar-refractivity contribution in [1.82, 2.24) is 10.6 Å². The van der Waals surface area contributed by atoms with E-state index in [-0.39, 0.29) is 25.7 Å². The quantitative estimate of drug-likeness (QED) is 0.504. The Bertz CT molecular complexity index is 1060. The number of hydrogen-bond donors (Lipinski definition) is 3. The van der Waals surface area contributed by atoms with Crippen LogP contribution in [0, 0.1) is 5.41 Å². The summed E-state index contributed by atoms with van der Waals surface area (Å²) in [5.74, 6) is -1.55. The van der Waals surface area contributed by atoms with Crippen LogP contribution in [0.1, 0.15) is 50.2 Å². The van der Waals surface area contributed by atoms with Gasteiger partial charge in [-0.2, -0.15) is 0 Å². The van der Waals surface area contributed by atoms with Crippen molar-refractivity contribution in [1.29, 1.82) is 0 Å². The fraction of sp³-hybridized carbons (Fsp3) is 0.444. The lowest BCUT2D eigenvalue weighted by Crippen LogP contribution is -2.55. The summed E-state index contributed by atoms with van der Waals surface area (Å²) < 4.78 is 10.9. The molecule has 8 heteroatoms. The van der Waals surface area contributed by atoms with Gasteiger partial charge >= 0.3 is 12.1 Å². The predicted molar refractivity (Wildman–Crippen MR) is 130 cm³/mol. The van der Waals surface area contributed by atoms with Crippen LogP contribution >= 0.6 is 0 Å². The molecule has 1 aliphatic carbocycles. The number of unbranched alkanes of at least 4 members (excludes halogenated alkanes) is 1. The second-order valence-corrected chi connectivity index (χ2v) is 9.46. The third-order valence-electron chi connectivity index (χ3n) is 7.06. The number of ether oxygens (including phenoxy) is 2. The monoisotopic (exact) mass is 480 g/mol. The zero-order chi connectivity index (χ0) is 25.0. The summed E-state index contributed by atoms with van der Waals surface area (Å²) >= 11 is 0. The number of fused-ring (bicyclic) bond motifs is 3. The van der Waals surface area contributed by atoms with Gasteiger partial charge in [-0.15, -0.1) is 0 Å². The summed E-state index contributed by atoms with van der Waals surface area (Å²) in [7, 11) is 0. The van der Waals surface area contributed by atoms with E-state index in [9.17, 15) is 19.5 Å². The minimum absolute atomic E-state index is 0.0205. The van der Waals surface area contributed by atoms with Crippen LogP contribution in [0.3, 0.4) is 0 Å². The number of aliphatic carboxylic acids is 1. The molecule has 1 fully saturated rings. The van der Waals surface area contributed by atoms with Gasteiger partial charge in [0, 0.05) is 5.92 Å². The molecule has 1 heterocycles. The van der Waals surface area contributed by atoms with Crippen molar-refractivity contribution >= 4 is 18.0 Å². The molecular weight excluding hydrogens is 448 g/mol. The van der Waals surface area contributed by atoms with E-state index >= 15 is 0 Å². The Hall–Kier alpha value is -3.39. The maximum atomic E-state index is 13.0. The SMILES string of the molecule is CCCC[C@H](NC(=O)OCC1c2ccccc2-c2ccccc21)C(=O)NC1COCC1(C)C(=O)O. The zero-order valence-electron chi connectivity index (χ0n) is 20.1. The Labute approximate surface area is 205 Å². The normalized spacial score (nSPS) is 21.6. The summed E-state index contributed by atoms with van der Waals surface area (Å²) in [6.07, 6.45) is 1.31. The molecule has 2 aliphatic rings. The molecule has 0 saturated carbocycles. The smallest absolute Gasteiger partial charge is 0.407 e. The Balaban J connectivity index is 1.40. The highest BCUT2D eigenvalue weighted by molar-refractivity contribution is 5.87. The van der Waals surface area contributed by atoms with Crippen LogP contribution in [0.15, 0.2) is 48.5 Å². The number of benzene rings is 2. The third kappa shape index (κ3) is 5.03. The van der Waals surface area contributed by atoms with Crippen LogP contribution in [0.5, 0.6) is 0 Å². The molecule has 186 valence electrons. The average Bonchev–Trinajstić information content (AvgIpc) is 3.39. The lowest BCUT2D eigenvalue weighted by atomic mass is 9.85. The molecular formula is C27H32N2O6. The Kier molecular flexibility index (Phi) is 7.40. The van der Waals surface area contributed by atoms with Gasteiger partial charge in [0.15, 0.2) is 0 Å². The van der Waals surface area contributed by atoms with Crippen molar-refractivity contribution in [3.05, 3.63) is 59.7 Å². The van der Waals surface area contributed by atoms with E-state index < -0.39 is 35.5 Å². The van der Waals surface area contributed by atoms with Gasteiger partial charge in [0.2, 0.25) is 5.91 Å². The average molecular weight is 481 g/mol. The first-order chi connectivity index (χ1) is 16.8. The zero-order valence-corrected chi connectivity index (χ0v) is 20.1. The molecule has 4 rings (SSSR count). The van der Waals surface area contributed by atoms with Gasteiger partial charge in [-0.25, -0.2) is 4.79 Å². The molecule has 0 bridgehead atoms. The van der Waals surface area contributed by atoms with Crippen molar-refractivity contribution in [3.8, 4) is 11.1 Å². The number of amides is 2. The number of carboxylic acids is 1. The van der Waals surface area contributed by atoms with Gasteiger partial charge in [-0.05, 0) is 35.6 Å². The van der Waals surface area contributed by atoms with Crippen molar-refractivity contribution < 1.29 is 29.0 Å². The number of alkyl carbamates (subject to hydrolysis) is 1. The number of nitrogens with one attached hydrogen (secondary N) is 2.